The summed E-state index contributed by atoms with van der Waals surface area (Å²) in [6, 6.07) is 27.1. The van der Waals surface area contributed by atoms with Crippen LogP contribution in [0.4, 0.5) is 5.69 Å². The quantitative estimate of drug-likeness (QED) is 0.250. The number of para-hydroxylation sites is 1. The molecule has 0 aliphatic carbocycles. The Labute approximate surface area is 170 Å². The highest BCUT2D eigenvalue weighted by Crippen LogP contribution is 2.31. The second-order valence-corrected chi connectivity index (χ2v) is 8.25. The summed E-state index contributed by atoms with van der Waals surface area (Å²) in [6.07, 6.45) is 0. The number of benzene rings is 3. The summed E-state index contributed by atoms with van der Waals surface area (Å²) in [5, 5.41) is 3.23. The van der Waals surface area contributed by atoms with Crippen LogP contribution in [0.25, 0.3) is 0 Å². The summed E-state index contributed by atoms with van der Waals surface area (Å²) >= 11 is 3.48. The van der Waals surface area contributed by atoms with Gasteiger partial charge in [0, 0.05) is 9.79 Å². The van der Waals surface area contributed by atoms with Gasteiger partial charge in [-0.3, -0.25) is 0 Å². The van der Waals surface area contributed by atoms with E-state index in [9.17, 15) is 0 Å². The molecule has 3 heteroatoms. The molecule has 0 heterocycles. The maximum atomic E-state index is 4.93. The molecule has 0 atom stereocenters. The first kappa shape index (κ1) is 19.5. The molecule has 0 N–H and O–H groups in total. The molecule has 3 aromatic carbocycles. The number of hydrogen-bond donors (Lipinski definition) is 0. The molecule has 27 heavy (non-hydrogen) atoms. The summed E-state index contributed by atoms with van der Waals surface area (Å²) in [5.74, 6) is 0. The molecule has 0 spiro atoms. The fraction of sp³-hybridized carbons (Fsp3) is 0.125. The third-order valence-electron chi connectivity index (χ3n) is 4.08. The lowest BCUT2D eigenvalue weighted by Gasteiger charge is -2.10. The van der Waals surface area contributed by atoms with Crippen LogP contribution in [0.15, 0.2) is 105 Å². The lowest BCUT2D eigenvalue weighted by molar-refractivity contribution is 1.31. The first-order valence-electron chi connectivity index (χ1n) is 8.90. The van der Waals surface area contributed by atoms with Gasteiger partial charge in [-0.25, -0.2) is 4.99 Å². The van der Waals surface area contributed by atoms with E-state index in [0.29, 0.717) is 0 Å². The van der Waals surface area contributed by atoms with Crippen molar-refractivity contribution in [2.75, 3.05) is 0 Å². The van der Waals surface area contributed by atoms with E-state index in [0.717, 1.165) is 10.7 Å². The molecule has 1 nitrogen and oxygen atoms in total. The predicted octanol–water partition coefficient (Wildman–Crippen LogP) is 7.82. The zero-order chi connectivity index (χ0) is 19.1. The van der Waals surface area contributed by atoms with Crippen molar-refractivity contribution in [3.05, 3.63) is 101 Å². The van der Waals surface area contributed by atoms with Gasteiger partial charge in [0.05, 0.1) is 5.69 Å². The maximum absolute atomic E-state index is 4.93. The molecule has 3 aromatic rings. The van der Waals surface area contributed by atoms with Gasteiger partial charge in [0.25, 0.3) is 0 Å². The largest absolute Gasteiger partial charge is 0.241 e. The van der Waals surface area contributed by atoms with Crippen molar-refractivity contribution in [3.63, 3.8) is 0 Å². The Morgan fingerprint density at radius 2 is 1.30 bits per heavy atom. The number of hydrogen-bond acceptors (Lipinski definition) is 3. The van der Waals surface area contributed by atoms with Crippen molar-refractivity contribution in [2.45, 2.75) is 30.6 Å². The molecule has 0 saturated carbocycles. The first-order valence-corrected chi connectivity index (χ1v) is 10.6. The first-order chi connectivity index (χ1) is 13.1. The fourth-order valence-electron chi connectivity index (χ4n) is 2.48. The monoisotopic (exact) mass is 389 g/mol. The number of rotatable bonds is 5. The van der Waals surface area contributed by atoms with E-state index in [1.54, 1.807) is 23.5 Å². The van der Waals surface area contributed by atoms with Crippen LogP contribution >= 0.6 is 23.5 Å². The second kappa shape index (κ2) is 9.63. The van der Waals surface area contributed by atoms with Crippen molar-refractivity contribution in [1.29, 1.82) is 0 Å². The minimum absolute atomic E-state index is 0.974. The van der Waals surface area contributed by atoms with Crippen LogP contribution in [0.2, 0.25) is 0 Å². The zero-order valence-electron chi connectivity index (χ0n) is 15.8. The van der Waals surface area contributed by atoms with Gasteiger partial charge in [0.15, 0.2) is 0 Å². The van der Waals surface area contributed by atoms with Gasteiger partial charge in [-0.1, -0.05) is 78.1 Å². The van der Waals surface area contributed by atoms with Crippen LogP contribution < -0.4 is 0 Å². The Hall–Kier alpha value is -2.23. The van der Waals surface area contributed by atoms with Crippen molar-refractivity contribution < 1.29 is 0 Å². The molecule has 0 fully saturated rings. The minimum Gasteiger partial charge on any atom is -0.241 e. The van der Waals surface area contributed by atoms with E-state index in [1.165, 1.54) is 26.5 Å². The van der Waals surface area contributed by atoms with Crippen LogP contribution in [0, 0.1) is 13.8 Å². The number of nitrogens with zero attached hydrogens (tertiary/aromatic N) is 1. The molecule has 0 saturated heterocycles. The lowest BCUT2D eigenvalue weighted by atomic mass is 10.2. The third-order valence-corrected chi connectivity index (χ3v) is 6.55. The average molecular weight is 390 g/mol. The van der Waals surface area contributed by atoms with E-state index in [-0.39, 0.29) is 0 Å². The summed E-state index contributed by atoms with van der Waals surface area (Å²) in [7, 11) is 0. The molecule has 3 rings (SSSR count). The van der Waals surface area contributed by atoms with Crippen molar-refractivity contribution in [2.24, 2.45) is 4.99 Å². The van der Waals surface area contributed by atoms with E-state index in [4.69, 9.17) is 4.99 Å². The smallest absolute Gasteiger partial charge is 0.105 e. The van der Waals surface area contributed by atoms with Gasteiger partial charge < -0.3 is 0 Å². The second-order valence-electron chi connectivity index (χ2n) is 6.30. The Kier molecular flexibility index (Phi) is 6.97. The fourth-order valence-corrected chi connectivity index (χ4v) is 4.33. The highest BCUT2D eigenvalue weighted by Gasteiger charge is 2.09. The van der Waals surface area contributed by atoms with Crippen LogP contribution in [-0.4, -0.2) is 5.04 Å². The van der Waals surface area contributed by atoms with Crippen molar-refractivity contribution in [3.8, 4) is 0 Å². The molecule has 0 aliphatic rings. The number of aliphatic imine (C=N–C) groups is 1. The number of aryl methyl sites for hydroxylation is 2. The molecule has 136 valence electrons. The van der Waals surface area contributed by atoms with Crippen LogP contribution in [0.1, 0.15) is 18.1 Å². The summed E-state index contributed by atoms with van der Waals surface area (Å²) in [5.41, 5.74) is 4.70. The topological polar surface area (TPSA) is 12.4 Å². The zero-order valence-corrected chi connectivity index (χ0v) is 17.5. The standard InChI is InChI=1S/C24H23NS2/c1-18-11-7-9-15-22(18)26-17-20(3)24(25-21-13-5-4-6-14-21)27-23-16-10-8-12-19(23)2/h4-17H,1-3H3/b20-17+,25-24?. The van der Waals surface area contributed by atoms with E-state index in [2.05, 4.69) is 74.7 Å². The highest BCUT2D eigenvalue weighted by molar-refractivity contribution is 8.14. The maximum Gasteiger partial charge on any atom is 0.105 e. The van der Waals surface area contributed by atoms with Gasteiger partial charge in [-0.15, -0.1) is 0 Å². The minimum atomic E-state index is 0.974. The predicted molar refractivity (Wildman–Crippen MR) is 121 cm³/mol. The summed E-state index contributed by atoms with van der Waals surface area (Å²) in [4.78, 5) is 7.44. The Morgan fingerprint density at radius 3 is 1.93 bits per heavy atom. The molecule has 0 radical (unpaired) electrons. The molecule has 0 aliphatic heterocycles. The van der Waals surface area contributed by atoms with Gasteiger partial charge >= 0.3 is 0 Å². The molecular formula is C24H23NS2. The average Bonchev–Trinajstić information content (AvgIpc) is 2.69. The van der Waals surface area contributed by atoms with Crippen molar-refractivity contribution >= 4 is 34.3 Å². The molecule has 0 unspecified atom stereocenters. The normalized spacial score (nSPS) is 12.3. The van der Waals surface area contributed by atoms with Gasteiger partial charge in [-0.2, -0.15) is 0 Å². The molecular weight excluding hydrogens is 366 g/mol. The molecule has 0 amide bonds. The van der Waals surface area contributed by atoms with E-state index in [1.807, 2.05) is 30.3 Å². The van der Waals surface area contributed by atoms with Gasteiger partial charge in [0.2, 0.25) is 0 Å². The third kappa shape index (κ3) is 5.62. The molecule has 0 aromatic heterocycles. The number of thioether (sulfide) groups is 2. The summed E-state index contributed by atoms with van der Waals surface area (Å²) < 4.78 is 0. The SMILES string of the molecule is C/C(=C\Sc1ccccc1C)C(=Nc1ccccc1)Sc1ccccc1C. The Morgan fingerprint density at radius 1 is 0.741 bits per heavy atom. The Balaban J connectivity index is 1.91. The van der Waals surface area contributed by atoms with Crippen LogP contribution in [0.5, 0.6) is 0 Å². The van der Waals surface area contributed by atoms with Gasteiger partial charge in [0.1, 0.15) is 5.04 Å². The lowest BCUT2D eigenvalue weighted by Crippen LogP contribution is -1.95. The molecule has 0 bridgehead atoms. The van der Waals surface area contributed by atoms with Crippen molar-refractivity contribution in [1.82, 2.24) is 0 Å². The van der Waals surface area contributed by atoms with Crippen LogP contribution in [-0.2, 0) is 0 Å². The highest BCUT2D eigenvalue weighted by atomic mass is 32.2. The summed E-state index contributed by atoms with van der Waals surface area (Å²) in [6.45, 7) is 6.43. The van der Waals surface area contributed by atoms with E-state index >= 15 is 0 Å². The van der Waals surface area contributed by atoms with Gasteiger partial charge in [-0.05, 0) is 67.1 Å². The Bertz CT molecular complexity index is 959. The van der Waals surface area contributed by atoms with Crippen LogP contribution in [0.3, 0.4) is 0 Å². The van der Waals surface area contributed by atoms with E-state index < -0.39 is 0 Å².